The van der Waals surface area contributed by atoms with Crippen molar-refractivity contribution in [1.82, 2.24) is 25.0 Å². The van der Waals surface area contributed by atoms with E-state index >= 15 is 0 Å². The van der Waals surface area contributed by atoms with Gasteiger partial charge in [-0.2, -0.15) is 5.10 Å². The summed E-state index contributed by atoms with van der Waals surface area (Å²) in [6.07, 6.45) is 3.32. The number of benzene rings is 1. The molecule has 0 saturated carbocycles. The lowest BCUT2D eigenvalue weighted by atomic mass is 10.1. The maximum Gasteiger partial charge on any atom is 0.222 e. The first-order valence-corrected chi connectivity index (χ1v) is 8.43. The van der Waals surface area contributed by atoms with Gasteiger partial charge in [-0.3, -0.25) is 9.48 Å². The number of halogens is 1. The molecule has 0 radical (unpaired) electrons. The third kappa shape index (κ3) is 4.76. The van der Waals surface area contributed by atoms with Crippen LogP contribution in [0, 0.1) is 5.82 Å². The molecular weight excluding hydrogens is 323 g/mol. The fraction of sp³-hybridized carbons (Fsp3) is 0.471. The largest absolute Gasteiger partial charge is 0.369 e. The van der Waals surface area contributed by atoms with Crippen molar-refractivity contribution >= 4 is 11.6 Å². The van der Waals surface area contributed by atoms with E-state index < -0.39 is 0 Å². The molecule has 1 aliphatic heterocycles. The highest BCUT2D eigenvalue weighted by Gasteiger charge is 2.17. The van der Waals surface area contributed by atoms with Gasteiger partial charge in [0.05, 0.1) is 6.54 Å². The Kier molecular flexibility index (Phi) is 5.60. The molecule has 8 heteroatoms. The Labute approximate surface area is 146 Å². The predicted molar refractivity (Wildman–Crippen MR) is 92.6 cm³/mol. The van der Waals surface area contributed by atoms with E-state index in [-0.39, 0.29) is 11.7 Å². The Morgan fingerprint density at radius 2 is 2.08 bits per heavy atom. The van der Waals surface area contributed by atoms with E-state index in [1.165, 1.54) is 18.5 Å². The van der Waals surface area contributed by atoms with E-state index in [1.807, 2.05) is 0 Å². The average molecular weight is 346 g/mol. The second kappa shape index (κ2) is 8.06. The van der Waals surface area contributed by atoms with E-state index in [9.17, 15) is 9.18 Å². The Morgan fingerprint density at radius 1 is 1.28 bits per heavy atom. The molecule has 1 saturated heterocycles. The van der Waals surface area contributed by atoms with Gasteiger partial charge < -0.3 is 15.1 Å². The molecule has 1 aromatic heterocycles. The lowest BCUT2D eigenvalue weighted by Crippen LogP contribution is -2.45. The molecular formula is C17H23FN6O. The Morgan fingerprint density at radius 3 is 2.80 bits per heavy atom. The predicted octanol–water partition coefficient (Wildman–Crippen LogP) is 0.875. The van der Waals surface area contributed by atoms with Crippen LogP contribution in [0.2, 0.25) is 0 Å². The number of carbonyl (C=O) groups is 1. The monoisotopic (exact) mass is 346 g/mol. The van der Waals surface area contributed by atoms with Crippen LogP contribution in [-0.4, -0.2) is 58.8 Å². The van der Waals surface area contributed by atoms with Crippen LogP contribution < -0.4 is 10.2 Å². The minimum absolute atomic E-state index is 0.0934. The van der Waals surface area contributed by atoms with Crippen LogP contribution in [0.25, 0.3) is 0 Å². The maximum absolute atomic E-state index is 13.7. The van der Waals surface area contributed by atoms with Crippen LogP contribution in [0.1, 0.15) is 12.0 Å². The van der Waals surface area contributed by atoms with Crippen molar-refractivity contribution in [2.45, 2.75) is 19.5 Å². The molecule has 1 aliphatic rings. The molecule has 0 spiro atoms. The smallest absolute Gasteiger partial charge is 0.222 e. The Balaban J connectivity index is 1.59. The Bertz CT molecular complexity index is 697. The highest BCUT2D eigenvalue weighted by Crippen LogP contribution is 2.23. The zero-order valence-electron chi connectivity index (χ0n) is 14.4. The second-order valence-corrected chi connectivity index (χ2v) is 6.25. The maximum atomic E-state index is 13.7. The van der Waals surface area contributed by atoms with Crippen LogP contribution in [0.4, 0.5) is 10.1 Å². The number of carbonyl (C=O) groups excluding carboxylic acids is 1. The first-order chi connectivity index (χ1) is 12.1. The van der Waals surface area contributed by atoms with Gasteiger partial charge >= 0.3 is 0 Å². The van der Waals surface area contributed by atoms with Crippen molar-refractivity contribution < 1.29 is 9.18 Å². The van der Waals surface area contributed by atoms with Gasteiger partial charge in [0, 0.05) is 44.8 Å². The van der Waals surface area contributed by atoms with Crippen molar-refractivity contribution in [3.05, 3.63) is 42.2 Å². The van der Waals surface area contributed by atoms with Crippen LogP contribution in [0.5, 0.6) is 0 Å². The molecule has 0 unspecified atom stereocenters. The van der Waals surface area contributed by atoms with Gasteiger partial charge in [0.25, 0.3) is 0 Å². The van der Waals surface area contributed by atoms with Crippen LogP contribution in [-0.2, 0) is 17.9 Å². The van der Waals surface area contributed by atoms with Crippen LogP contribution >= 0.6 is 0 Å². The number of nitrogens with zero attached hydrogens (tertiary/aromatic N) is 5. The molecule has 7 nitrogen and oxygen atoms in total. The molecule has 0 bridgehead atoms. The summed E-state index contributed by atoms with van der Waals surface area (Å²) in [5.41, 5.74) is 1.80. The van der Waals surface area contributed by atoms with Crippen molar-refractivity contribution in [2.75, 3.05) is 38.1 Å². The minimum Gasteiger partial charge on any atom is -0.369 e. The lowest BCUT2D eigenvalue weighted by molar-refractivity contribution is -0.121. The van der Waals surface area contributed by atoms with Crippen molar-refractivity contribution in [1.29, 1.82) is 0 Å². The zero-order chi connectivity index (χ0) is 17.6. The van der Waals surface area contributed by atoms with Crippen molar-refractivity contribution in [3.63, 3.8) is 0 Å². The lowest BCUT2D eigenvalue weighted by Gasteiger charge is -2.35. The fourth-order valence-electron chi connectivity index (χ4n) is 2.90. The van der Waals surface area contributed by atoms with Gasteiger partial charge in [-0.25, -0.2) is 9.37 Å². The van der Waals surface area contributed by atoms with Gasteiger partial charge in [0.15, 0.2) is 0 Å². The summed E-state index contributed by atoms with van der Waals surface area (Å²) < 4.78 is 15.3. The van der Waals surface area contributed by atoms with E-state index in [1.54, 1.807) is 17.1 Å². The second-order valence-electron chi connectivity index (χ2n) is 6.25. The quantitative estimate of drug-likeness (QED) is 0.841. The molecule has 2 aromatic rings. The first kappa shape index (κ1) is 17.3. The summed E-state index contributed by atoms with van der Waals surface area (Å²) in [4.78, 5) is 20.4. The Hall–Kier alpha value is -2.48. The number of anilines is 1. The van der Waals surface area contributed by atoms with E-state index in [0.29, 0.717) is 19.5 Å². The number of likely N-dealkylation sites (N-methyl/N-ethyl adjacent to an activating group) is 1. The number of piperazine rings is 1. The molecule has 0 atom stereocenters. The highest BCUT2D eigenvalue weighted by atomic mass is 19.1. The molecule has 1 fully saturated rings. The molecule has 1 amide bonds. The van der Waals surface area contributed by atoms with Gasteiger partial charge in [-0.05, 0) is 30.8 Å². The number of hydrogen-bond donors (Lipinski definition) is 1. The third-order valence-electron chi connectivity index (χ3n) is 4.40. The van der Waals surface area contributed by atoms with E-state index in [4.69, 9.17) is 0 Å². The molecule has 2 heterocycles. The number of aryl methyl sites for hydroxylation is 1. The van der Waals surface area contributed by atoms with Crippen LogP contribution in [0.3, 0.4) is 0 Å². The molecule has 1 N–H and O–H groups in total. The number of hydrogen-bond acceptors (Lipinski definition) is 5. The SMILES string of the molecule is CN1CCN(c2ccc(F)cc2CNC(=O)CCn2cncn2)CC1. The molecule has 0 aliphatic carbocycles. The summed E-state index contributed by atoms with van der Waals surface area (Å²) in [7, 11) is 2.10. The topological polar surface area (TPSA) is 66.3 Å². The number of nitrogens with one attached hydrogen (secondary N) is 1. The van der Waals surface area contributed by atoms with Gasteiger partial charge in [-0.15, -0.1) is 0 Å². The highest BCUT2D eigenvalue weighted by molar-refractivity contribution is 5.76. The van der Waals surface area contributed by atoms with Gasteiger partial charge in [-0.1, -0.05) is 0 Å². The van der Waals surface area contributed by atoms with Crippen molar-refractivity contribution in [3.8, 4) is 0 Å². The molecule has 25 heavy (non-hydrogen) atoms. The number of aromatic nitrogens is 3. The van der Waals surface area contributed by atoms with Gasteiger partial charge in [0.1, 0.15) is 18.5 Å². The number of rotatable bonds is 6. The zero-order valence-corrected chi connectivity index (χ0v) is 14.4. The molecule has 1 aromatic carbocycles. The number of amides is 1. The summed E-state index contributed by atoms with van der Waals surface area (Å²) >= 11 is 0. The summed E-state index contributed by atoms with van der Waals surface area (Å²) in [5.74, 6) is -0.381. The molecule has 3 rings (SSSR count). The summed E-state index contributed by atoms with van der Waals surface area (Å²) in [6, 6.07) is 4.78. The van der Waals surface area contributed by atoms with Gasteiger partial charge in [0.2, 0.25) is 5.91 Å². The third-order valence-corrected chi connectivity index (χ3v) is 4.40. The summed E-state index contributed by atoms with van der Waals surface area (Å²) in [5, 5.41) is 6.84. The van der Waals surface area contributed by atoms with E-state index in [0.717, 1.165) is 37.4 Å². The summed E-state index contributed by atoms with van der Waals surface area (Å²) in [6.45, 7) is 4.53. The van der Waals surface area contributed by atoms with Crippen LogP contribution in [0.15, 0.2) is 30.9 Å². The standard InChI is InChI=1S/C17H23FN6O/c1-22-6-8-23(9-7-22)16-3-2-15(18)10-14(16)11-20-17(25)4-5-24-13-19-12-21-24/h2-3,10,12-13H,4-9,11H2,1H3,(H,20,25). The first-order valence-electron chi connectivity index (χ1n) is 8.43. The molecule has 134 valence electrons. The fourth-order valence-corrected chi connectivity index (χ4v) is 2.90. The van der Waals surface area contributed by atoms with Crippen molar-refractivity contribution in [2.24, 2.45) is 0 Å². The average Bonchev–Trinajstić information content (AvgIpc) is 3.13. The van der Waals surface area contributed by atoms with E-state index in [2.05, 4.69) is 32.2 Å². The minimum atomic E-state index is -0.287. The normalized spacial score (nSPS) is 15.4.